The van der Waals surface area contributed by atoms with Gasteiger partial charge >= 0.3 is 12.0 Å². The summed E-state index contributed by atoms with van der Waals surface area (Å²) in [7, 11) is 3.45. The topological polar surface area (TPSA) is 106 Å². The fourth-order valence-corrected chi connectivity index (χ4v) is 3.50. The van der Waals surface area contributed by atoms with Crippen LogP contribution in [0.15, 0.2) is 65.4 Å². The second-order valence-corrected chi connectivity index (χ2v) is 8.08. The van der Waals surface area contributed by atoms with Gasteiger partial charge in [0, 0.05) is 38.3 Å². The van der Waals surface area contributed by atoms with E-state index in [0.29, 0.717) is 23.6 Å². The number of carbonyl (C=O) groups is 3. The molecule has 2 heterocycles. The van der Waals surface area contributed by atoms with Crippen molar-refractivity contribution in [3.8, 4) is 0 Å². The average molecular weight is 497 g/mol. The zero-order valence-electron chi connectivity index (χ0n) is 20.8. The molecular formula is C26H32N4O6. The summed E-state index contributed by atoms with van der Waals surface area (Å²) in [5.74, 6) is -0.0266. The Kier molecular flexibility index (Phi) is 9.70. The first-order chi connectivity index (χ1) is 17.4. The predicted molar refractivity (Wildman–Crippen MR) is 133 cm³/mol. The van der Waals surface area contributed by atoms with E-state index < -0.39 is 12.0 Å². The Morgan fingerprint density at radius 1 is 1.03 bits per heavy atom. The van der Waals surface area contributed by atoms with Gasteiger partial charge in [-0.3, -0.25) is 4.79 Å². The number of hydrogen-bond donors (Lipinski definition) is 1. The van der Waals surface area contributed by atoms with E-state index in [2.05, 4.69) is 5.32 Å². The summed E-state index contributed by atoms with van der Waals surface area (Å²) in [4.78, 5) is 41.3. The molecule has 192 valence electrons. The number of anilines is 1. The fraction of sp³-hybridized carbons (Fsp3) is 0.346. The van der Waals surface area contributed by atoms with E-state index in [4.69, 9.17) is 13.9 Å². The molecule has 3 rings (SSSR count). The van der Waals surface area contributed by atoms with Gasteiger partial charge in [0.2, 0.25) is 5.91 Å². The maximum atomic E-state index is 13.4. The van der Waals surface area contributed by atoms with Gasteiger partial charge < -0.3 is 33.6 Å². The van der Waals surface area contributed by atoms with Crippen LogP contribution in [-0.2, 0) is 34.4 Å². The van der Waals surface area contributed by atoms with Crippen molar-refractivity contribution in [1.29, 1.82) is 0 Å². The molecule has 0 fully saturated rings. The monoisotopic (exact) mass is 496 g/mol. The standard InChI is InChI=1S/C26H32N4O6/c1-4-35-25(32)20-9-11-21(12-10-20)27-26(33)29(14-16-34-3)19-24(31)30(18-23-8-6-15-36-23)17-22-7-5-13-28(22)2/h5-13,15H,4,14,16-19H2,1-3H3,(H,27,33). The molecule has 36 heavy (non-hydrogen) atoms. The van der Waals surface area contributed by atoms with Crippen LogP contribution in [0, 0.1) is 0 Å². The lowest BCUT2D eigenvalue weighted by atomic mass is 10.2. The Morgan fingerprint density at radius 2 is 1.81 bits per heavy atom. The van der Waals surface area contributed by atoms with E-state index in [1.165, 1.54) is 12.0 Å². The molecule has 0 saturated heterocycles. The third-order valence-electron chi connectivity index (χ3n) is 5.51. The number of aromatic nitrogens is 1. The molecule has 0 unspecified atom stereocenters. The van der Waals surface area contributed by atoms with Gasteiger partial charge in [-0.1, -0.05) is 0 Å². The van der Waals surface area contributed by atoms with Crippen molar-refractivity contribution in [2.24, 2.45) is 7.05 Å². The van der Waals surface area contributed by atoms with Crippen molar-refractivity contribution >= 4 is 23.6 Å². The molecule has 0 atom stereocenters. The number of benzene rings is 1. The number of hydrogen-bond acceptors (Lipinski definition) is 6. The first-order valence-corrected chi connectivity index (χ1v) is 11.6. The number of methoxy groups -OCH3 is 1. The molecule has 1 N–H and O–H groups in total. The Bertz CT molecular complexity index is 1120. The first kappa shape index (κ1) is 26.6. The van der Waals surface area contributed by atoms with Crippen LogP contribution in [0.25, 0.3) is 0 Å². The smallest absolute Gasteiger partial charge is 0.338 e. The fourth-order valence-electron chi connectivity index (χ4n) is 3.50. The normalized spacial score (nSPS) is 10.6. The molecule has 0 aliphatic heterocycles. The highest BCUT2D eigenvalue weighted by Gasteiger charge is 2.23. The molecule has 10 heteroatoms. The maximum absolute atomic E-state index is 13.4. The Morgan fingerprint density at radius 3 is 2.42 bits per heavy atom. The van der Waals surface area contributed by atoms with Gasteiger partial charge in [0.05, 0.1) is 38.1 Å². The summed E-state index contributed by atoms with van der Waals surface area (Å²) in [5.41, 5.74) is 1.82. The lowest BCUT2D eigenvalue weighted by Crippen LogP contribution is -2.45. The second kappa shape index (κ2) is 13.1. The molecule has 2 aromatic heterocycles. The number of carbonyl (C=O) groups excluding carboxylic acids is 3. The van der Waals surface area contributed by atoms with Crippen LogP contribution in [0.1, 0.15) is 28.7 Å². The third-order valence-corrected chi connectivity index (χ3v) is 5.51. The summed E-state index contributed by atoms with van der Waals surface area (Å²) >= 11 is 0. The molecule has 3 amide bonds. The molecule has 1 aromatic carbocycles. The third kappa shape index (κ3) is 7.47. The van der Waals surface area contributed by atoms with Crippen LogP contribution in [0.5, 0.6) is 0 Å². The van der Waals surface area contributed by atoms with Gasteiger partial charge in [-0.05, 0) is 55.5 Å². The Balaban J connectivity index is 1.71. The molecule has 0 saturated carbocycles. The largest absolute Gasteiger partial charge is 0.467 e. The van der Waals surface area contributed by atoms with Crippen molar-refractivity contribution in [2.75, 3.05) is 38.7 Å². The number of esters is 1. The molecular weight excluding hydrogens is 464 g/mol. The Hall–Kier alpha value is -4.05. The van der Waals surface area contributed by atoms with Gasteiger partial charge in [0.15, 0.2) is 0 Å². The van der Waals surface area contributed by atoms with Crippen molar-refractivity contribution in [3.63, 3.8) is 0 Å². The van der Waals surface area contributed by atoms with E-state index in [-0.39, 0.29) is 38.8 Å². The molecule has 3 aromatic rings. The summed E-state index contributed by atoms with van der Waals surface area (Å²) < 4.78 is 17.5. The maximum Gasteiger partial charge on any atom is 0.338 e. The van der Waals surface area contributed by atoms with Crippen molar-refractivity contribution in [3.05, 3.63) is 78.0 Å². The van der Waals surface area contributed by atoms with Crippen LogP contribution in [0.4, 0.5) is 10.5 Å². The lowest BCUT2D eigenvalue weighted by Gasteiger charge is -2.27. The highest BCUT2D eigenvalue weighted by molar-refractivity contribution is 5.94. The number of ether oxygens (including phenoxy) is 2. The molecule has 0 radical (unpaired) electrons. The van der Waals surface area contributed by atoms with Crippen LogP contribution in [0.3, 0.4) is 0 Å². The second-order valence-electron chi connectivity index (χ2n) is 8.08. The number of furan rings is 1. The molecule has 0 aliphatic rings. The SMILES string of the molecule is CCOC(=O)c1ccc(NC(=O)N(CCOC)CC(=O)N(Cc2ccco2)Cc2cccn2C)cc1. The predicted octanol–water partition coefficient (Wildman–Crippen LogP) is 3.50. The number of amides is 3. The van der Waals surface area contributed by atoms with Gasteiger partial charge in [-0.2, -0.15) is 0 Å². The van der Waals surface area contributed by atoms with E-state index >= 15 is 0 Å². The highest BCUT2D eigenvalue weighted by Crippen LogP contribution is 2.14. The van der Waals surface area contributed by atoms with Crippen LogP contribution < -0.4 is 5.32 Å². The van der Waals surface area contributed by atoms with Gasteiger partial charge in [-0.25, -0.2) is 9.59 Å². The quantitative estimate of drug-likeness (QED) is 0.385. The van der Waals surface area contributed by atoms with Gasteiger partial charge in [0.25, 0.3) is 0 Å². The number of rotatable bonds is 12. The summed E-state index contributed by atoms with van der Waals surface area (Å²) in [6, 6.07) is 13.3. The lowest BCUT2D eigenvalue weighted by molar-refractivity contribution is -0.133. The van der Waals surface area contributed by atoms with Gasteiger partial charge in [0.1, 0.15) is 12.3 Å². The minimum absolute atomic E-state index is 0.152. The average Bonchev–Trinajstić information content (AvgIpc) is 3.53. The van der Waals surface area contributed by atoms with Crippen LogP contribution in [-0.4, -0.2) is 65.7 Å². The first-order valence-electron chi connectivity index (χ1n) is 11.6. The molecule has 0 aliphatic carbocycles. The minimum atomic E-state index is -0.457. The van der Waals surface area contributed by atoms with Gasteiger partial charge in [-0.15, -0.1) is 0 Å². The molecule has 0 bridgehead atoms. The van der Waals surface area contributed by atoms with Crippen molar-refractivity contribution in [1.82, 2.24) is 14.4 Å². The number of nitrogens with one attached hydrogen (secondary N) is 1. The number of urea groups is 1. The molecule has 0 spiro atoms. The van der Waals surface area contributed by atoms with E-state index in [1.807, 2.05) is 29.9 Å². The van der Waals surface area contributed by atoms with Crippen molar-refractivity contribution < 1.29 is 28.3 Å². The van der Waals surface area contributed by atoms with E-state index in [9.17, 15) is 14.4 Å². The zero-order chi connectivity index (χ0) is 25.9. The number of aryl methyl sites for hydroxylation is 1. The summed E-state index contributed by atoms with van der Waals surface area (Å²) in [5, 5.41) is 2.78. The number of nitrogens with zero attached hydrogens (tertiary/aromatic N) is 3. The molecule has 10 nitrogen and oxygen atoms in total. The summed E-state index contributed by atoms with van der Waals surface area (Å²) in [6.07, 6.45) is 3.47. The summed E-state index contributed by atoms with van der Waals surface area (Å²) in [6.45, 7) is 2.97. The Labute approximate surface area is 210 Å². The van der Waals surface area contributed by atoms with Crippen LogP contribution >= 0.6 is 0 Å². The highest BCUT2D eigenvalue weighted by atomic mass is 16.5. The van der Waals surface area contributed by atoms with E-state index in [0.717, 1.165) is 5.69 Å². The minimum Gasteiger partial charge on any atom is -0.467 e. The zero-order valence-corrected chi connectivity index (χ0v) is 20.8. The van der Waals surface area contributed by atoms with Crippen molar-refractivity contribution in [2.45, 2.75) is 20.0 Å². The van der Waals surface area contributed by atoms with Crippen LogP contribution in [0.2, 0.25) is 0 Å². The van der Waals surface area contributed by atoms with E-state index in [1.54, 1.807) is 54.5 Å².